The highest BCUT2D eigenvalue weighted by Crippen LogP contribution is 2.45. The fourth-order valence-electron chi connectivity index (χ4n) is 4.98. The van der Waals surface area contributed by atoms with Crippen molar-refractivity contribution >= 4 is 35.1 Å². The first-order valence-corrected chi connectivity index (χ1v) is 13.8. The summed E-state index contributed by atoms with van der Waals surface area (Å²) in [5.41, 5.74) is 0.742. The Balaban J connectivity index is 1.42. The van der Waals surface area contributed by atoms with Gasteiger partial charge in [0.15, 0.2) is 0 Å². The number of benzene rings is 2. The van der Waals surface area contributed by atoms with E-state index in [9.17, 15) is 19.1 Å². The summed E-state index contributed by atoms with van der Waals surface area (Å²) < 4.78 is 26.0. The molecule has 1 unspecified atom stereocenters. The molecule has 1 N–H and O–H groups in total. The lowest BCUT2D eigenvalue weighted by Gasteiger charge is -2.38. The molecule has 38 heavy (non-hydrogen) atoms. The highest BCUT2D eigenvalue weighted by Gasteiger charge is 2.32. The first kappa shape index (κ1) is 28.7. The first-order valence-electron chi connectivity index (χ1n) is 13.0. The number of likely N-dealkylation sites (tertiary alicyclic amines) is 1. The average molecular weight is 566 g/mol. The SMILES string of the molecule is CC(C)(C)OC(=O)CC(c1cc(Cl)cc(Cl)c1)N1CCC(COc2cc(F)c(C(=O)O)cc2C2CC2)CC1. The van der Waals surface area contributed by atoms with Crippen LogP contribution in [0.2, 0.25) is 10.0 Å². The van der Waals surface area contributed by atoms with E-state index in [1.54, 1.807) is 6.07 Å². The van der Waals surface area contributed by atoms with E-state index in [0.717, 1.165) is 49.9 Å². The highest BCUT2D eigenvalue weighted by molar-refractivity contribution is 6.34. The van der Waals surface area contributed by atoms with E-state index in [4.69, 9.17) is 32.7 Å². The summed E-state index contributed by atoms with van der Waals surface area (Å²) in [7, 11) is 0. The van der Waals surface area contributed by atoms with Crippen molar-refractivity contribution in [3.05, 3.63) is 62.9 Å². The van der Waals surface area contributed by atoms with Crippen LogP contribution < -0.4 is 4.74 Å². The zero-order chi connectivity index (χ0) is 27.6. The lowest BCUT2D eigenvalue weighted by Crippen LogP contribution is -2.39. The summed E-state index contributed by atoms with van der Waals surface area (Å²) in [6, 6.07) is 7.75. The van der Waals surface area contributed by atoms with Gasteiger partial charge in [0.05, 0.1) is 18.6 Å². The van der Waals surface area contributed by atoms with E-state index in [-0.39, 0.29) is 35.8 Å². The van der Waals surface area contributed by atoms with Gasteiger partial charge >= 0.3 is 11.9 Å². The summed E-state index contributed by atoms with van der Waals surface area (Å²) in [5.74, 6) is -1.44. The maximum atomic E-state index is 14.4. The maximum Gasteiger partial charge on any atom is 0.338 e. The molecule has 2 aromatic carbocycles. The van der Waals surface area contributed by atoms with Crippen molar-refractivity contribution in [1.29, 1.82) is 0 Å². The van der Waals surface area contributed by atoms with Crippen LogP contribution in [0.5, 0.6) is 5.75 Å². The molecule has 1 heterocycles. The van der Waals surface area contributed by atoms with Gasteiger partial charge in [0.2, 0.25) is 0 Å². The molecular formula is C29H34Cl2FNO5. The van der Waals surface area contributed by atoms with Crippen LogP contribution in [0.15, 0.2) is 30.3 Å². The molecule has 0 amide bonds. The monoisotopic (exact) mass is 565 g/mol. The van der Waals surface area contributed by atoms with Crippen LogP contribution in [0, 0.1) is 11.7 Å². The lowest BCUT2D eigenvalue weighted by atomic mass is 9.93. The standard InChI is InChI=1S/C29H34Cl2FNO5/c1-29(2,3)38-27(34)15-25(19-10-20(30)12-21(31)11-19)33-8-6-17(7-9-33)16-37-26-14-24(32)23(28(35)36)13-22(26)18-4-5-18/h10-14,17-18,25H,4-9,15-16H2,1-3H3,(H,35,36). The fourth-order valence-corrected chi connectivity index (χ4v) is 5.52. The second-order valence-electron chi connectivity index (χ2n) is 11.2. The van der Waals surface area contributed by atoms with Gasteiger partial charge in [-0.15, -0.1) is 0 Å². The minimum Gasteiger partial charge on any atom is -0.493 e. The lowest BCUT2D eigenvalue weighted by molar-refractivity contribution is -0.156. The summed E-state index contributed by atoms with van der Waals surface area (Å²) in [6.07, 6.45) is 3.73. The van der Waals surface area contributed by atoms with Gasteiger partial charge in [-0.3, -0.25) is 9.69 Å². The second-order valence-corrected chi connectivity index (χ2v) is 12.1. The molecule has 1 saturated carbocycles. The van der Waals surface area contributed by atoms with E-state index in [2.05, 4.69) is 4.90 Å². The summed E-state index contributed by atoms with van der Waals surface area (Å²) in [6.45, 7) is 7.41. The summed E-state index contributed by atoms with van der Waals surface area (Å²) in [4.78, 5) is 26.4. The van der Waals surface area contributed by atoms with Crippen LogP contribution in [-0.2, 0) is 9.53 Å². The van der Waals surface area contributed by atoms with Gasteiger partial charge in [-0.1, -0.05) is 23.2 Å². The number of rotatable bonds is 9. The molecule has 1 atom stereocenters. The number of carboxylic acids is 1. The Bertz CT molecular complexity index is 1170. The fraction of sp³-hybridized carbons (Fsp3) is 0.517. The molecule has 2 aromatic rings. The Morgan fingerprint density at radius 2 is 1.68 bits per heavy atom. The van der Waals surface area contributed by atoms with E-state index < -0.39 is 17.4 Å². The zero-order valence-corrected chi connectivity index (χ0v) is 23.4. The van der Waals surface area contributed by atoms with Crippen LogP contribution in [-0.4, -0.2) is 47.2 Å². The maximum absolute atomic E-state index is 14.4. The first-order chi connectivity index (χ1) is 17.9. The molecule has 4 rings (SSSR count). The molecule has 206 valence electrons. The number of nitrogens with zero attached hydrogens (tertiary/aromatic N) is 1. The predicted octanol–water partition coefficient (Wildman–Crippen LogP) is 7.27. The van der Waals surface area contributed by atoms with Crippen molar-refractivity contribution in [2.75, 3.05) is 19.7 Å². The summed E-state index contributed by atoms with van der Waals surface area (Å²) in [5, 5.41) is 10.3. The Morgan fingerprint density at radius 3 is 2.24 bits per heavy atom. The molecule has 1 aliphatic heterocycles. The normalized spacial score (nSPS) is 17.7. The number of halogens is 3. The molecule has 2 fully saturated rings. The van der Waals surface area contributed by atoms with Crippen LogP contribution in [0.4, 0.5) is 4.39 Å². The van der Waals surface area contributed by atoms with Gasteiger partial charge in [-0.25, -0.2) is 9.18 Å². The van der Waals surface area contributed by atoms with Crippen LogP contribution in [0.3, 0.4) is 0 Å². The molecule has 1 saturated heterocycles. The number of piperidine rings is 1. The highest BCUT2D eigenvalue weighted by atomic mass is 35.5. The number of ether oxygens (including phenoxy) is 2. The Morgan fingerprint density at radius 1 is 1.05 bits per heavy atom. The molecule has 6 nitrogen and oxygen atoms in total. The number of carbonyl (C=O) groups is 2. The largest absolute Gasteiger partial charge is 0.493 e. The number of hydrogen-bond donors (Lipinski definition) is 1. The number of carbonyl (C=O) groups excluding carboxylic acids is 1. The van der Waals surface area contributed by atoms with Gasteiger partial charge in [0, 0.05) is 22.2 Å². The quantitative estimate of drug-likeness (QED) is 0.322. The van der Waals surface area contributed by atoms with Gasteiger partial charge in [0.25, 0.3) is 0 Å². The van der Waals surface area contributed by atoms with Gasteiger partial charge < -0.3 is 14.6 Å². The van der Waals surface area contributed by atoms with Crippen LogP contribution >= 0.6 is 23.2 Å². The Labute approximate surface area is 233 Å². The van der Waals surface area contributed by atoms with Crippen LogP contribution in [0.1, 0.15) is 86.3 Å². The van der Waals surface area contributed by atoms with E-state index in [1.165, 1.54) is 12.1 Å². The molecule has 0 aromatic heterocycles. The van der Waals surface area contributed by atoms with Crippen molar-refractivity contribution in [2.24, 2.45) is 5.92 Å². The van der Waals surface area contributed by atoms with Crippen molar-refractivity contribution in [3.63, 3.8) is 0 Å². The molecule has 9 heteroatoms. The number of carboxylic acid groups (broad SMARTS) is 1. The zero-order valence-electron chi connectivity index (χ0n) is 21.9. The minimum absolute atomic E-state index is 0.176. The molecule has 2 aliphatic rings. The smallest absolute Gasteiger partial charge is 0.338 e. The van der Waals surface area contributed by atoms with Crippen molar-refractivity contribution in [2.45, 2.75) is 70.4 Å². The average Bonchev–Trinajstić information content (AvgIpc) is 3.65. The van der Waals surface area contributed by atoms with E-state index >= 15 is 0 Å². The van der Waals surface area contributed by atoms with Crippen molar-refractivity contribution in [3.8, 4) is 5.75 Å². The van der Waals surface area contributed by atoms with Gasteiger partial charge in [-0.05, 0) is 107 Å². The molecular weight excluding hydrogens is 532 g/mol. The molecule has 0 bridgehead atoms. The van der Waals surface area contributed by atoms with Gasteiger partial charge in [-0.2, -0.15) is 0 Å². The Kier molecular flexibility index (Phi) is 8.90. The van der Waals surface area contributed by atoms with Crippen molar-refractivity contribution < 1.29 is 28.6 Å². The third kappa shape index (κ3) is 7.61. The number of hydrogen-bond acceptors (Lipinski definition) is 5. The second kappa shape index (κ2) is 11.8. The summed E-state index contributed by atoms with van der Waals surface area (Å²) >= 11 is 12.6. The minimum atomic E-state index is -1.27. The Hall–Kier alpha value is -2.35. The van der Waals surface area contributed by atoms with E-state index in [1.807, 2.05) is 32.9 Å². The number of aromatic carboxylic acids is 1. The topological polar surface area (TPSA) is 76.1 Å². The van der Waals surface area contributed by atoms with Crippen molar-refractivity contribution in [1.82, 2.24) is 4.90 Å². The third-order valence-electron chi connectivity index (χ3n) is 6.96. The molecule has 0 spiro atoms. The van der Waals surface area contributed by atoms with Gasteiger partial charge in [0.1, 0.15) is 17.2 Å². The number of esters is 1. The van der Waals surface area contributed by atoms with E-state index in [0.29, 0.717) is 22.4 Å². The van der Waals surface area contributed by atoms with Crippen LogP contribution in [0.25, 0.3) is 0 Å². The molecule has 0 radical (unpaired) electrons. The third-order valence-corrected chi connectivity index (χ3v) is 7.40. The predicted molar refractivity (Wildman–Crippen MR) is 145 cm³/mol. The molecule has 1 aliphatic carbocycles.